The molecule has 0 heterocycles. The Kier molecular flexibility index (Phi) is 6.69. The summed E-state index contributed by atoms with van der Waals surface area (Å²) in [6, 6.07) is 0. The topological polar surface area (TPSA) is 130 Å². The smallest absolute Gasteiger partial charge is 0.332 e. The van der Waals surface area contributed by atoms with E-state index >= 15 is 0 Å². The van der Waals surface area contributed by atoms with Crippen molar-refractivity contribution in [1.29, 1.82) is 0 Å². The molecule has 1 atom stereocenters. The van der Waals surface area contributed by atoms with E-state index in [1.807, 2.05) is 4.72 Å². The average Bonchev–Trinajstić information content (AvgIpc) is 2.16. The van der Waals surface area contributed by atoms with Crippen molar-refractivity contribution >= 4 is 22.0 Å². The van der Waals surface area contributed by atoms with Gasteiger partial charge < -0.3 is 14.9 Å². The van der Waals surface area contributed by atoms with Crippen molar-refractivity contribution < 1.29 is 33.0 Å². The summed E-state index contributed by atoms with van der Waals surface area (Å²) in [6.45, 7) is 1.35. The minimum absolute atomic E-state index is 0.0755. The molecule has 0 fully saturated rings. The van der Waals surface area contributed by atoms with Crippen LogP contribution < -0.4 is 4.72 Å². The van der Waals surface area contributed by atoms with E-state index in [0.717, 1.165) is 0 Å². The summed E-state index contributed by atoms with van der Waals surface area (Å²) in [5, 5.41) is 17.2. The highest BCUT2D eigenvalue weighted by molar-refractivity contribution is 7.90. The van der Waals surface area contributed by atoms with Crippen LogP contribution >= 0.6 is 0 Å². The van der Waals surface area contributed by atoms with Crippen LogP contribution in [0, 0.1) is 0 Å². The van der Waals surface area contributed by atoms with E-state index in [-0.39, 0.29) is 19.6 Å². The number of carbonyl (C=O) groups is 2. The maximum atomic E-state index is 11.2. The van der Waals surface area contributed by atoms with Crippen LogP contribution in [-0.2, 0) is 24.3 Å². The molecule has 0 radical (unpaired) electrons. The van der Waals surface area contributed by atoms with Crippen LogP contribution in [0.4, 0.5) is 0 Å². The van der Waals surface area contributed by atoms with Crippen LogP contribution in [0.3, 0.4) is 0 Å². The lowest BCUT2D eigenvalue weighted by Crippen LogP contribution is -2.34. The molecule has 0 bridgehead atoms. The third kappa shape index (κ3) is 7.66. The number of rotatable bonds is 8. The Hall–Kier alpha value is -1.19. The summed E-state index contributed by atoms with van der Waals surface area (Å²) >= 11 is 0. The standard InChI is InChI=1S/C8H15NO7S/c1-2-16-7(11)5-17(14,15)9-4-3-6(10)8(12)13/h6,9-10H,2-5H2,1H3,(H,12,13)/t6-/m0/s1. The van der Waals surface area contributed by atoms with Gasteiger partial charge in [-0.25, -0.2) is 17.9 Å². The zero-order chi connectivity index (χ0) is 13.5. The highest BCUT2D eigenvalue weighted by Gasteiger charge is 2.18. The highest BCUT2D eigenvalue weighted by Crippen LogP contribution is 1.93. The van der Waals surface area contributed by atoms with Crippen LogP contribution in [-0.4, -0.2) is 55.6 Å². The second-order valence-corrected chi connectivity index (χ2v) is 4.91. The van der Waals surface area contributed by atoms with Gasteiger partial charge in [0.25, 0.3) is 0 Å². The lowest BCUT2D eigenvalue weighted by atomic mass is 10.3. The lowest BCUT2D eigenvalue weighted by molar-refractivity contribution is -0.146. The van der Waals surface area contributed by atoms with Gasteiger partial charge in [-0.05, 0) is 13.3 Å². The third-order valence-corrected chi connectivity index (χ3v) is 2.90. The molecule has 0 aliphatic rings. The largest absolute Gasteiger partial charge is 0.479 e. The van der Waals surface area contributed by atoms with Crippen molar-refractivity contribution in [2.45, 2.75) is 19.4 Å². The number of nitrogens with one attached hydrogen (secondary N) is 1. The van der Waals surface area contributed by atoms with E-state index in [1.54, 1.807) is 6.92 Å². The molecule has 0 aliphatic carbocycles. The van der Waals surface area contributed by atoms with Gasteiger partial charge in [0.05, 0.1) is 6.61 Å². The molecule has 0 saturated carbocycles. The molecule has 0 aromatic carbocycles. The Morgan fingerprint density at radius 1 is 1.41 bits per heavy atom. The molecule has 0 amide bonds. The first kappa shape index (κ1) is 15.8. The molecule has 9 heteroatoms. The first-order valence-electron chi connectivity index (χ1n) is 4.82. The summed E-state index contributed by atoms with van der Waals surface area (Å²) in [5.41, 5.74) is 0. The van der Waals surface area contributed by atoms with Crippen LogP contribution in [0.2, 0.25) is 0 Å². The van der Waals surface area contributed by atoms with Crippen LogP contribution in [0.5, 0.6) is 0 Å². The quantitative estimate of drug-likeness (QED) is 0.448. The number of ether oxygens (including phenoxy) is 1. The zero-order valence-electron chi connectivity index (χ0n) is 9.25. The van der Waals surface area contributed by atoms with Crippen molar-refractivity contribution in [3.8, 4) is 0 Å². The SMILES string of the molecule is CCOC(=O)CS(=O)(=O)NCC[C@H](O)C(=O)O. The molecule has 17 heavy (non-hydrogen) atoms. The Morgan fingerprint density at radius 3 is 2.47 bits per heavy atom. The molecule has 0 spiro atoms. The summed E-state index contributed by atoms with van der Waals surface area (Å²) in [5.74, 6) is -3.15. The number of aliphatic hydroxyl groups excluding tert-OH is 1. The van der Waals surface area contributed by atoms with E-state index in [4.69, 9.17) is 10.2 Å². The first-order valence-corrected chi connectivity index (χ1v) is 6.47. The van der Waals surface area contributed by atoms with E-state index in [1.165, 1.54) is 0 Å². The number of carboxylic acid groups (broad SMARTS) is 1. The second kappa shape index (κ2) is 7.20. The zero-order valence-corrected chi connectivity index (χ0v) is 10.1. The van der Waals surface area contributed by atoms with Crippen LogP contribution in [0.25, 0.3) is 0 Å². The van der Waals surface area contributed by atoms with E-state index in [2.05, 4.69) is 4.74 Å². The lowest BCUT2D eigenvalue weighted by Gasteiger charge is -2.07. The summed E-state index contributed by atoms with van der Waals surface area (Å²) < 4.78 is 28.9. The van der Waals surface area contributed by atoms with Crippen molar-refractivity contribution in [3.63, 3.8) is 0 Å². The summed E-state index contributed by atoms with van der Waals surface area (Å²) in [4.78, 5) is 21.1. The van der Waals surface area contributed by atoms with Gasteiger partial charge in [0, 0.05) is 6.54 Å². The normalized spacial score (nSPS) is 13.1. The third-order valence-electron chi connectivity index (χ3n) is 1.64. The maximum Gasteiger partial charge on any atom is 0.332 e. The number of hydrogen-bond donors (Lipinski definition) is 3. The number of aliphatic hydroxyl groups is 1. The predicted molar refractivity (Wildman–Crippen MR) is 56.7 cm³/mol. The van der Waals surface area contributed by atoms with E-state index in [9.17, 15) is 18.0 Å². The van der Waals surface area contributed by atoms with Gasteiger partial charge in [0.2, 0.25) is 10.0 Å². The molecule has 0 unspecified atom stereocenters. The first-order chi connectivity index (χ1) is 7.78. The van der Waals surface area contributed by atoms with Crippen molar-refractivity contribution in [1.82, 2.24) is 4.72 Å². The number of carboxylic acids is 1. The highest BCUT2D eigenvalue weighted by atomic mass is 32.2. The number of esters is 1. The van der Waals surface area contributed by atoms with Crippen LogP contribution in [0.1, 0.15) is 13.3 Å². The predicted octanol–water partition coefficient (Wildman–Crippen LogP) is -1.70. The number of hydrogen-bond acceptors (Lipinski definition) is 6. The fourth-order valence-corrected chi connectivity index (χ4v) is 1.81. The molecule has 100 valence electrons. The van der Waals surface area contributed by atoms with Crippen molar-refractivity contribution in [2.24, 2.45) is 0 Å². The molecular formula is C8H15NO7S. The molecule has 8 nitrogen and oxygen atoms in total. The maximum absolute atomic E-state index is 11.2. The van der Waals surface area contributed by atoms with Gasteiger partial charge in [-0.1, -0.05) is 0 Å². The summed E-state index contributed by atoms with van der Waals surface area (Å²) in [7, 11) is -3.85. The minimum atomic E-state index is -3.85. The van der Waals surface area contributed by atoms with Gasteiger partial charge in [-0.3, -0.25) is 4.79 Å². The molecule has 0 aromatic rings. The fourth-order valence-electron chi connectivity index (χ4n) is 0.883. The molecule has 0 aliphatic heterocycles. The van der Waals surface area contributed by atoms with Crippen molar-refractivity contribution in [2.75, 3.05) is 18.9 Å². The minimum Gasteiger partial charge on any atom is -0.479 e. The van der Waals surface area contributed by atoms with Crippen molar-refractivity contribution in [3.05, 3.63) is 0 Å². The van der Waals surface area contributed by atoms with Gasteiger partial charge >= 0.3 is 11.9 Å². The number of aliphatic carboxylic acids is 1. The monoisotopic (exact) mass is 269 g/mol. The van der Waals surface area contributed by atoms with Gasteiger partial charge in [0.15, 0.2) is 11.9 Å². The van der Waals surface area contributed by atoms with Gasteiger partial charge in [0.1, 0.15) is 0 Å². The fraction of sp³-hybridized carbons (Fsp3) is 0.750. The molecule has 0 rings (SSSR count). The van der Waals surface area contributed by atoms with Gasteiger partial charge in [-0.2, -0.15) is 0 Å². The molecule has 0 saturated heterocycles. The Bertz CT molecular complexity index is 364. The van der Waals surface area contributed by atoms with E-state index in [0.29, 0.717) is 0 Å². The summed E-state index contributed by atoms with van der Waals surface area (Å²) in [6.07, 6.45) is -1.92. The number of sulfonamides is 1. The Morgan fingerprint density at radius 2 is 2.00 bits per heavy atom. The van der Waals surface area contributed by atoms with Gasteiger partial charge in [-0.15, -0.1) is 0 Å². The Labute approximate surface area is 98.6 Å². The van der Waals surface area contributed by atoms with Crippen LogP contribution in [0.15, 0.2) is 0 Å². The molecular weight excluding hydrogens is 254 g/mol. The molecule has 0 aromatic heterocycles. The number of carbonyl (C=O) groups excluding carboxylic acids is 1. The molecule has 3 N–H and O–H groups in total. The Balaban J connectivity index is 4.02. The second-order valence-electron chi connectivity index (χ2n) is 3.10. The van der Waals surface area contributed by atoms with E-state index < -0.39 is 33.8 Å². The average molecular weight is 269 g/mol.